The van der Waals surface area contributed by atoms with E-state index in [-0.39, 0.29) is 5.91 Å². The Kier molecular flexibility index (Phi) is 4.95. The molecule has 3 heterocycles. The molecule has 32 heavy (non-hydrogen) atoms. The summed E-state index contributed by atoms with van der Waals surface area (Å²) in [5.74, 6) is 2.05. The lowest BCUT2D eigenvalue weighted by Crippen LogP contribution is -2.29. The van der Waals surface area contributed by atoms with E-state index in [9.17, 15) is 4.79 Å². The third-order valence-electron chi connectivity index (χ3n) is 5.33. The first kappa shape index (κ1) is 19.6. The Morgan fingerprint density at radius 3 is 2.22 bits per heavy atom. The van der Waals surface area contributed by atoms with Crippen molar-refractivity contribution in [1.82, 2.24) is 19.9 Å². The molecule has 158 valence electrons. The summed E-state index contributed by atoms with van der Waals surface area (Å²) in [6.45, 7) is 0. The molecule has 4 aromatic rings. The van der Waals surface area contributed by atoms with Gasteiger partial charge in [0.1, 0.15) is 5.82 Å². The van der Waals surface area contributed by atoms with E-state index in [1.165, 1.54) is 0 Å². The standard InChI is InChI=1S/C24H19N5O3/c1-31-18-13-16-17(14-19(18)32-2)24(30)29(21(16)15-7-4-3-5-8-15)20-9-12-27-23(28-20)22-25-10-6-11-26-22/h3-14,21H,1-2H3. The number of amides is 1. The number of hydrogen-bond acceptors (Lipinski definition) is 7. The topological polar surface area (TPSA) is 90.3 Å². The van der Waals surface area contributed by atoms with E-state index < -0.39 is 6.04 Å². The number of methoxy groups -OCH3 is 2. The highest BCUT2D eigenvalue weighted by molar-refractivity contribution is 6.11. The van der Waals surface area contributed by atoms with Gasteiger partial charge in [-0.25, -0.2) is 19.9 Å². The fourth-order valence-corrected chi connectivity index (χ4v) is 3.90. The third kappa shape index (κ3) is 3.22. The Hall–Kier alpha value is -4.33. The number of aromatic nitrogens is 4. The number of benzene rings is 2. The Labute approximate surface area is 184 Å². The predicted octanol–water partition coefficient (Wildman–Crippen LogP) is 3.70. The second kappa shape index (κ2) is 8.07. The minimum Gasteiger partial charge on any atom is -0.493 e. The van der Waals surface area contributed by atoms with Crippen LogP contribution in [0.25, 0.3) is 11.6 Å². The van der Waals surface area contributed by atoms with Crippen molar-refractivity contribution >= 4 is 11.7 Å². The first-order chi connectivity index (χ1) is 15.7. The van der Waals surface area contributed by atoms with Crippen molar-refractivity contribution in [2.75, 3.05) is 19.1 Å². The summed E-state index contributed by atoms with van der Waals surface area (Å²) in [5, 5.41) is 0. The minimum absolute atomic E-state index is 0.187. The summed E-state index contributed by atoms with van der Waals surface area (Å²) in [6, 6.07) is 16.4. The number of ether oxygens (including phenoxy) is 2. The molecule has 0 saturated heterocycles. The quantitative estimate of drug-likeness (QED) is 0.481. The van der Waals surface area contributed by atoms with E-state index in [2.05, 4.69) is 19.9 Å². The van der Waals surface area contributed by atoms with Crippen molar-refractivity contribution in [3.05, 3.63) is 89.9 Å². The Morgan fingerprint density at radius 1 is 0.812 bits per heavy atom. The van der Waals surface area contributed by atoms with Crippen molar-refractivity contribution < 1.29 is 14.3 Å². The van der Waals surface area contributed by atoms with Crippen molar-refractivity contribution in [3.8, 4) is 23.1 Å². The van der Waals surface area contributed by atoms with E-state index in [0.717, 1.165) is 11.1 Å². The molecule has 5 rings (SSSR count). The summed E-state index contributed by atoms with van der Waals surface area (Å²) in [7, 11) is 3.12. The number of carbonyl (C=O) groups is 1. The highest BCUT2D eigenvalue weighted by Gasteiger charge is 2.40. The van der Waals surface area contributed by atoms with Crippen LogP contribution in [-0.2, 0) is 0 Å². The molecule has 1 amide bonds. The maximum atomic E-state index is 13.6. The summed E-state index contributed by atoms with van der Waals surface area (Å²) >= 11 is 0. The SMILES string of the molecule is COc1cc2c(cc1OC)C(c1ccccc1)N(c1ccnc(-c3ncccn3)n1)C2=O. The van der Waals surface area contributed by atoms with E-state index in [1.54, 1.807) is 55.9 Å². The first-order valence-corrected chi connectivity index (χ1v) is 9.96. The van der Waals surface area contributed by atoms with Crippen LogP contribution in [0.1, 0.15) is 27.5 Å². The number of rotatable bonds is 5. The summed E-state index contributed by atoms with van der Waals surface area (Å²) in [6.07, 6.45) is 4.86. The molecule has 8 heteroatoms. The lowest BCUT2D eigenvalue weighted by atomic mass is 9.97. The molecule has 0 spiro atoms. The predicted molar refractivity (Wildman–Crippen MR) is 118 cm³/mol. The van der Waals surface area contributed by atoms with Crippen molar-refractivity contribution in [2.45, 2.75) is 6.04 Å². The fraction of sp³-hybridized carbons (Fsp3) is 0.125. The highest BCUT2D eigenvalue weighted by atomic mass is 16.5. The van der Waals surface area contributed by atoms with E-state index in [1.807, 2.05) is 36.4 Å². The summed E-state index contributed by atoms with van der Waals surface area (Å²) in [5.41, 5.74) is 2.30. The maximum Gasteiger partial charge on any atom is 0.260 e. The van der Waals surface area contributed by atoms with E-state index >= 15 is 0 Å². The van der Waals surface area contributed by atoms with E-state index in [0.29, 0.717) is 34.5 Å². The number of fused-ring (bicyclic) bond motifs is 1. The van der Waals surface area contributed by atoms with Crippen LogP contribution < -0.4 is 14.4 Å². The van der Waals surface area contributed by atoms with Gasteiger partial charge in [-0.05, 0) is 35.4 Å². The molecular weight excluding hydrogens is 406 g/mol. The van der Waals surface area contributed by atoms with Crippen LogP contribution in [-0.4, -0.2) is 40.1 Å². The smallest absolute Gasteiger partial charge is 0.260 e. The van der Waals surface area contributed by atoms with Gasteiger partial charge in [-0.15, -0.1) is 0 Å². The zero-order chi connectivity index (χ0) is 22.1. The van der Waals surface area contributed by atoms with Gasteiger partial charge in [-0.1, -0.05) is 30.3 Å². The van der Waals surface area contributed by atoms with Crippen LogP contribution in [0.3, 0.4) is 0 Å². The lowest BCUT2D eigenvalue weighted by molar-refractivity contribution is 0.0992. The zero-order valence-corrected chi connectivity index (χ0v) is 17.5. The maximum absolute atomic E-state index is 13.6. The third-order valence-corrected chi connectivity index (χ3v) is 5.33. The molecule has 1 atom stereocenters. The molecule has 1 unspecified atom stereocenters. The minimum atomic E-state index is -0.391. The largest absolute Gasteiger partial charge is 0.493 e. The van der Waals surface area contributed by atoms with Gasteiger partial charge in [0.05, 0.1) is 20.3 Å². The number of anilines is 1. The molecule has 1 aliphatic rings. The molecule has 0 N–H and O–H groups in total. The molecule has 8 nitrogen and oxygen atoms in total. The number of hydrogen-bond donors (Lipinski definition) is 0. The van der Waals surface area contributed by atoms with Gasteiger partial charge in [0.2, 0.25) is 0 Å². The Bertz CT molecular complexity index is 1280. The average molecular weight is 425 g/mol. The van der Waals surface area contributed by atoms with Crippen molar-refractivity contribution in [2.24, 2.45) is 0 Å². The Balaban J connectivity index is 1.68. The molecule has 0 radical (unpaired) electrons. The average Bonchev–Trinajstić information content (AvgIpc) is 3.15. The number of carbonyl (C=O) groups excluding carboxylic acids is 1. The molecule has 1 aliphatic heterocycles. The van der Waals surface area contributed by atoms with Gasteiger partial charge >= 0.3 is 0 Å². The van der Waals surface area contributed by atoms with Gasteiger partial charge in [-0.3, -0.25) is 9.69 Å². The molecule has 2 aromatic heterocycles. The second-order valence-electron chi connectivity index (χ2n) is 7.09. The number of nitrogens with zero attached hydrogens (tertiary/aromatic N) is 5. The van der Waals surface area contributed by atoms with Crippen molar-refractivity contribution in [1.29, 1.82) is 0 Å². The van der Waals surface area contributed by atoms with Crippen LogP contribution in [0, 0.1) is 0 Å². The van der Waals surface area contributed by atoms with Gasteiger partial charge in [0.25, 0.3) is 5.91 Å². The van der Waals surface area contributed by atoms with Crippen LogP contribution in [0.2, 0.25) is 0 Å². The molecule has 0 aliphatic carbocycles. The molecule has 2 aromatic carbocycles. The normalized spacial score (nSPS) is 14.9. The van der Waals surface area contributed by atoms with Crippen LogP contribution >= 0.6 is 0 Å². The first-order valence-electron chi connectivity index (χ1n) is 9.96. The lowest BCUT2D eigenvalue weighted by Gasteiger charge is -2.25. The molecule has 0 fully saturated rings. The highest BCUT2D eigenvalue weighted by Crippen LogP contribution is 2.45. The van der Waals surface area contributed by atoms with Gasteiger partial charge < -0.3 is 9.47 Å². The summed E-state index contributed by atoms with van der Waals surface area (Å²) in [4.78, 5) is 32.7. The van der Waals surface area contributed by atoms with Gasteiger partial charge in [0.15, 0.2) is 23.1 Å². The van der Waals surface area contributed by atoms with E-state index in [4.69, 9.17) is 9.47 Å². The summed E-state index contributed by atoms with van der Waals surface area (Å²) < 4.78 is 10.9. The second-order valence-corrected chi connectivity index (χ2v) is 7.09. The fourth-order valence-electron chi connectivity index (χ4n) is 3.90. The monoisotopic (exact) mass is 425 g/mol. The van der Waals surface area contributed by atoms with Crippen LogP contribution in [0.5, 0.6) is 11.5 Å². The van der Waals surface area contributed by atoms with Gasteiger partial charge in [-0.2, -0.15) is 0 Å². The zero-order valence-electron chi connectivity index (χ0n) is 17.5. The van der Waals surface area contributed by atoms with Gasteiger partial charge in [0, 0.05) is 24.2 Å². The molecule has 0 bridgehead atoms. The van der Waals surface area contributed by atoms with Crippen molar-refractivity contribution in [3.63, 3.8) is 0 Å². The van der Waals surface area contributed by atoms with Crippen LogP contribution in [0.15, 0.2) is 73.2 Å². The van der Waals surface area contributed by atoms with Crippen LogP contribution in [0.4, 0.5) is 5.82 Å². The molecule has 0 saturated carbocycles. The Morgan fingerprint density at radius 2 is 1.50 bits per heavy atom. The molecular formula is C24H19N5O3.